The van der Waals surface area contributed by atoms with Gasteiger partial charge in [0.15, 0.2) is 5.78 Å². The lowest BCUT2D eigenvalue weighted by atomic mass is 9.90. The average molecular weight is 336 g/mol. The molecule has 2 saturated carbocycles. The molecule has 4 nitrogen and oxygen atoms in total. The summed E-state index contributed by atoms with van der Waals surface area (Å²) in [7, 11) is 0. The fourth-order valence-electron chi connectivity index (χ4n) is 4.55. The number of fused-ring (bicyclic) bond motifs is 3. The molecule has 0 saturated heterocycles. The van der Waals surface area contributed by atoms with Crippen molar-refractivity contribution in [1.82, 2.24) is 0 Å². The second-order valence-electron chi connectivity index (χ2n) is 7.57. The summed E-state index contributed by atoms with van der Waals surface area (Å²) in [6, 6.07) is 6.60. The molecule has 0 N–H and O–H groups in total. The number of ketones is 1. The Labute approximate surface area is 146 Å². The number of hydrogen-bond donors (Lipinski definition) is 0. The van der Waals surface area contributed by atoms with Crippen LogP contribution in [0.25, 0.3) is 0 Å². The molecule has 0 radical (unpaired) electrons. The molecule has 3 aliphatic carbocycles. The minimum atomic E-state index is -0.711. The molecule has 2 fully saturated rings. The number of carbonyl (C=O) groups excluding carboxylic acids is 2. The SMILES string of the molecule is CC1=C[C@@H](O/C=C2/C(=O)C[C@@H]3c4c(cccc4C4CC4)C[C@H]23)OC1=O. The zero-order valence-corrected chi connectivity index (χ0v) is 14.2. The van der Waals surface area contributed by atoms with Gasteiger partial charge in [-0.15, -0.1) is 0 Å². The Morgan fingerprint density at radius 3 is 2.72 bits per heavy atom. The molecule has 1 aliphatic heterocycles. The van der Waals surface area contributed by atoms with Crippen LogP contribution in [0, 0.1) is 5.92 Å². The Kier molecular flexibility index (Phi) is 3.18. The lowest BCUT2D eigenvalue weighted by Gasteiger charge is -2.14. The van der Waals surface area contributed by atoms with Crippen LogP contribution in [0.15, 0.2) is 41.7 Å². The van der Waals surface area contributed by atoms with E-state index in [0.29, 0.717) is 17.9 Å². The highest BCUT2D eigenvalue weighted by Crippen LogP contribution is 2.54. The molecule has 5 rings (SSSR count). The number of benzene rings is 1. The van der Waals surface area contributed by atoms with E-state index in [4.69, 9.17) is 9.47 Å². The van der Waals surface area contributed by atoms with Gasteiger partial charge in [0, 0.05) is 29.6 Å². The van der Waals surface area contributed by atoms with Gasteiger partial charge < -0.3 is 9.47 Å². The van der Waals surface area contributed by atoms with Crippen LogP contribution in [-0.4, -0.2) is 18.0 Å². The monoisotopic (exact) mass is 336 g/mol. The molecule has 4 heteroatoms. The Bertz CT molecular complexity index is 843. The molecule has 0 amide bonds. The van der Waals surface area contributed by atoms with Crippen molar-refractivity contribution in [3.05, 3.63) is 58.4 Å². The van der Waals surface area contributed by atoms with Crippen molar-refractivity contribution in [1.29, 1.82) is 0 Å². The first kappa shape index (κ1) is 14.9. The quantitative estimate of drug-likeness (QED) is 0.481. The van der Waals surface area contributed by atoms with E-state index in [-0.39, 0.29) is 23.6 Å². The van der Waals surface area contributed by atoms with Crippen LogP contribution in [-0.2, 0) is 25.5 Å². The predicted molar refractivity (Wildman–Crippen MR) is 90.8 cm³/mol. The molecule has 1 aromatic rings. The molecule has 1 heterocycles. The van der Waals surface area contributed by atoms with Crippen LogP contribution in [0.3, 0.4) is 0 Å². The van der Waals surface area contributed by atoms with Crippen molar-refractivity contribution in [3.8, 4) is 0 Å². The van der Waals surface area contributed by atoms with E-state index in [0.717, 1.165) is 12.0 Å². The van der Waals surface area contributed by atoms with Gasteiger partial charge in [0.2, 0.25) is 0 Å². The second kappa shape index (κ2) is 5.32. The molecule has 25 heavy (non-hydrogen) atoms. The lowest BCUT2D eigenvalue weighted by Crippen LogP contribution is -2.11. The van der Waals surface area contributed by atoms with Gasteiger partial charge >= 0.3 is 5.97 Å². The van der Waals surface area contributed by atoms with Gasteiger partial charge in [-0.05, 0) is 54.7 Å². The number of allylic oxidation sites excluding steroid dienone is 1. The molecule has 0 aromatic heterocycles. The number of cyclic esters (lactones) is 1. The zero-order valence-electron chi connectivity index (χ0n) is 14.2. The highest BCUT2D eigenvalue weighted by molar-refractivity contribution is 5.99. The van der Waals surface area contributed by atoms with Gasteiger partial charge in [-0.3, -0.25) is 4.79 Å². The highest BCUT2D eigenvalue weighted by Gasteiger charge is 2.46. The smallest absolute Gasteiger partial charge is 0.336 e. The fourth-order valence-corrected chi connectivity index (χ4v) is 4.55. The first-order valence-electron chi connectivity index (χ1n) is 9.01. The topological polar surface area (TPSA) is 52.6 Å². The number of rotatable bonds is 3. The van der Waals surface area contributed by atoms with E-state index < -0.39 is 6.29 Å². The average Bonchev–Trinajstić information content (AvgIpc) is 3.22. The summed E-state index contributed by atoms with van der Waals surface area (Å²) < 4.78 is 10.7. The molecular weight excluding hydrogens is 316 g/mol. The van der Waals surface area contributed by atoms with Gasteiger partial charge in [0.1, 0.15) is 0 Å². The van der Waals surface area contributed by atoms with Crippen LogP contribution in [0.1, 0.15) is 54.7 Å². The second-order valence-corrected chi connectivity index (χ2v) is 7.57. The normalized spacial score (nSPS) is 31.8. The van der Waals surface area contributed by atoms with Gasteiger partial charge in [-0.25, -0.2) is 4.79 Å². The van der Waals surface area contributed by atoms with Gasteiger partial charge in [-0.1, -0.05) is 18.2 Å². The zero-order chi connectivity index (χ0) is 17.1. The molecule has 128 valence electrons. The van der Waals surface area contributed by atoms with Crippen molar-refractivity contribution in [2.24, 2.45) is 5.92 Å². The van der Waals surface area contributed by atoms with E-state index in [1.807, 2.05) is 0 Å². The standard InChI is InChI=1S/C21H20O4/c1-11-7-19(25-21(11)23)24-10-17-15-8-13-3-2-4-14(12-5-6-12)20(13)16(15)9-18(17)22/h2-4,7,10,12,15-16,19H,5-6,8-9H2,1H3/b17-10+/t15-,16-,19-/m0/s1. The Balaban J connectivity index is 1.41. The largest absolute Gasteiger partial charge is 0.458 e. The summed E-state index contributed by atoms with van der Waals surface area (Å²) in [4.78, 5) is 24.0. The van der Waals surface area contributed by atoms with E-state index in [1.165, 1.54) is 29.5 Å². The summed E-state index contributed by atoms with van der Waals surface area (Å²) in [5, 5.41) is 0. The van der Waals surface area contributed by atoms with Crippen LogP contribution in [0.4, 0.5) is 0 Å². The fraction of sp³-hybridized carbons (Fsp3) is 0.429. The number of hydrogen-bond acceptors (Lipinski definition) is 4. The van der Waals surface area contributed by atoms with Crippen LogP contribution < -0.4 is 0 Å². The van der Waals surface area contributed by atoms with Crippen LogP contribution >= 0.6 is 0 Å². The maximum atomic E-state index is 12.6. The van der Waals surface area contributed by atoms with Gasteiger partial charge in [0.25, 0.3) is 6.29 Å². The molecular formula is C21H20O4. The Hall–Kier alpha value is -2.36. The van der Waals surface area contributed by atoms with Gasteiger partial charge in [0.05, 0.1) is 6.26 Å². The minimum absolute atomic E-state index is 0.163. The number of esters is 1. The third kappa shape index (κ3) is 2.35. The van der Waals surface area contributed by atoms with Crippen molar-refractivity contribution in [3.63, 3.8) is 0 Å². The molecule has 0 bridgehead atoms. The van der Waals surface area contributed by atoms with Crippen molar-refractivity contribution < 1.29 is 19.1 Å². The first-order valence-corrected chi connectivity index (χ1v) is 9.01. The molecule has 1 aromatic carbocycles. The minimum Gasteiger partial charge on any atom is -0.458 e. The predicted octanol–water partition coefficient (Wildman–Crippen LogP) is 3.52. The number of ether oxygens (including phenoxy) is 2. The maximum Gasteiger partial charge on any atom is 0.336 e. The van der Waals surface area contributed by atoms with Crippen molar-refractivity contribution in [2.45, 2.75) is 50.7 Å². The van der Waals surface area contributed by atoms with E-state index in [2.05, 4.69) is 18.2 Å². The first-order chi connectivity index (χ1) is 12.1. The molecule has 3 atom stereocenters. The number of carbonyl (C=O) groups is 2. The van der Waals surface area contributed by atoms with Crippen LogP contribution in [0.5, 0.6) is 0 Å². The third-order valence-electron chi connectivity index (χ3n) is 5.93. The lowest BCUT2D eigenvalue weighted by molar-refractivity contribution is -0.152. The number of Topliss-reactive ketones (excluding diaryl/α,β-unsaturated/α-hetero) is 1. The maximum absolute atomic E-state index is 12.6. The van der Waals surface area contributed by atoms with E-state index in [1.54, 1.807) is 19.3 Å². The van der Waals surface area contributed by atoms with Crippen molar-refractivity contribution in [2.75, 3.05) is 0 Å². The Morgan fingerprint density at radius 2 is 2.00 bits per heavy atom. The summed E-state index contributed by atoms with van der Waals surface area (Å²) in [5.41, 5.74) is 5.57. The summed E-state index contributed by atoms with van der Waals surface area (Å²) in [6.45, 7) is 1.70. The van der Waals surface area contributed by atoms with E-state index >= 15 is 0 Å². The summed E-state index contributed by atoms with van der Waals surface area (Å²) >= 11 is 0. The molecule has 0 spiro atoms. The Morgan fingerprint density at radius 1 is 1.16 bits per heavy atom. The highest BCUT2D eigenvalue weighted by atomic mass is 16.7. The van der Waals surface area contributed by atoms with Gasteiger partial charge in [-0.2, -0.15) is 0 Å². The molecule has 0 unspecified atom stereocenters. The van der Waals surface area contributed by atoms with Crippen LogP contribution in [0.2, 0.25) is 0 Å². The van der Waals surface area contributed by atoms with Crippen molar-refractivity contribution >= 4 is 11.8 Å². The molecule has 4 aliphatic rings. The van der Waals surface area contributed by atoms with E-state index in [9.17, 15) is 9.59 Å². The third-order valence-corrected chi connectivity index (χ3v) is 5.93. The summed E-state index contributed by atoms with van der Waals surface area (Å²) in [5.74, 6) is 0.985. The summed E-state index contributed by atoms with van der Waals surface area (Å²) in [6.07, 6.45) is 6.49.